The van der Waals surface area contributed by atoms with E-state index in [9.17, 15) is 9.59 Å². The van der Waals surface area contributed by atoms with Crippen molar-refractivity contribution >= 4 is 22.8 Å². The summed E-state index contributed by atoms with van der Waals surface area (Å²) in [6, 6.07) is 13.2. The summed E-state index contributed by atoms with van der Waals surface area (Å²) >= 11 is 0. The van der Waals surface area contributed by atoms with Crippen molar-refractivity contribution in [2.75, 3.05) is 20.3 Å². The predicted octanol–water partition coefficient (Wildman–Crippen LogP) is 3.51. The van der Waals surface area contributed by atoms with Crippen LogP contribution < -0.4 is 20.3 Å². The van der Waals surface area contributed by atoms with Crippen molar-refractivity contribution in [3.05, 3.63) is 59.9 Å². The van der Waals surface area contributed by atoms with E-state index in [4.69, 9.17) is 23.8 Å². The molecule has 0 saturated heterocycles. The molecule has 1 aromatic heterocycles. The van der Waals surface area contributed by atoms with Crippen LogP contribution in [0.15, 0.2) is 52.9 Å². The topological polar surface area (TPSA) is 119 Å². The molecule has 0 radical (unpaired) electrons. The van der Waals surface area contributed by atoms with E-state index in [2.05, 4.69) is 5.32 Å². The van der Waals surface area contributed by atoms with Crippen LogP contribution in [0, 0.1) is 0 Å². The zero-order chi connectivity index (χ0) is 22.9. The summed E-state index contributed by atoms with van der Waals surface area (Å²) in [4.78, 5) is 24.2. The van der Waals surface area contributed by atoms with Gasteiger partial charge in [-0.25, -0.2) is 5.48 Å². The Bertz CT molecular complexity index is 1050. The number of carbonyl (C=O) groups is 2. The molecule has 1 atom stereocenters. The molecule has 2 amide bonds. The van der Waals surface area contributed by atoms with E-state index >= 15 is 0 Å². The third kappa shape index (κ3) is 5.99. The second-order valence-corrected chi connectivity index (χ2v) is 6.99. The molecule has 9 nitrogen and oxygen atoms in total. The molecular formula is C23H26N2O7. The number of ether oxygens (including phenoxy) is 3. The minimum Gasteiger partial charge on any atom is -0.491 e. The summed E-state index contributed by atoms with van der Waals surface area (Å²) < 4.78 is 22.1. The minimum absolute atomic E-state index is 0.161. The van der Waals surface area contributed by atoms with Gasteiger partial charge >= 0.3 is 0 Å². The Morgan fingerprint density at radius 2 is 1.78 bits per heavy atom. The van der Waals surface area contributed by atoms with E-state index in [1.807, 2.05) is 6.92 Å². The molecule has 2 aromatic carbocycles. The molecular weight excluding hydrogens is 416 g/mol. The Hall–Kier alpha value is -3.56. The SMILES string of the molecule is CCCC(NC(=O)c1cc2cc(OCCOC)ccc2o1)Oc1ccc(C(=O)NO)cc1. The summed E-state index contributed by atoms with van der Waals surface area (Å²) in [5.41, 5.74) is 2.42. The van der Waals surface area contributed by atoms with Gasteiger partial charge in [-0.3, -0.25) is 14.8 Å². The molecule has 0 fully saturated rings. The number of hydroxylamine groups is 1. The normalized spacial score (nSPS) is 11.7. The van der Waals surface area contributed by atoms with E-state index < -0.39 is 18.0 Å². The molecule has 0 aliphatic heterocycles. The van der Waals surface area contributed by atoms with Crippen molar-refractivity contribution in [2.24, 2.45) is 0 Å². The van der Waals surface area contributed by atoms with Crippen LogP contribution in [0.25, 0.3) is 11.0 Å². The second kappa shape index (κ2) is 11.2. The molecule has 0 saturated carbocycles. The lowest BCUT2D eigenvalue weighted by molar-refractivity contribution is 0.0706. The zero-order valence-corrected chi connectivity index (χ0v) is 17.9. The maximum absolute atomic E-state index is 12.8. The van der Waals surface area contributed by atoms with Gasteiger partial charge in [-0.1, -0.05) is 13.3 Å². The van der Waals surface area contributed by atoms with Crippen LogP contribution in [0.5, 0.6) is 11.5 Å². The number of fused-ring (bicyclic) bond motifs is 1. The molecule has 170 valence electrons. The lowest BCUT2D eigenvalue weighted by Gasteiger charge is -2.19. The van der Waals surface area contributed by atoms with Gasteiger partial charge in [0.25, 0.3) is 11.8 Å². The predicted molar refractivity (Wildman–Crippen MR) is 116 cm³/mol. The van der Waals surface area contributed by atoms with Crippen molar-refractivity contribution in [3.63, 3.8) is 0 Å². The highest BCUT2D eigenvalue weighted by Gasteiger charge is 2.18. The zero-order valence-electron chi connectivity index (χ0n) is 17.9. The van der Waals surface area contributed by atoms with Crippen molar-refractivity contribution in [2.45, 2.75) is 26.0 Å². The van der Waals surface area contributed by atoms with Crippen LogP contribution in [-0.4, -0.2) is 43.6 Å². The summed E-state index contributed by atoms with van der Waals surface area (Å²) in [5, 5.41) is 12.3. The lowest BCUT2D eigenvalue weighted by Crippen LogP contribution is -2.38. The Morgan fingerprint density at radius 3 is 2.47 bits per heavy atom. The highest BCUT2D eigenvalue weighted by molar-refractivity contribution is 5.96. The Morgan fingerprint density at radius 1 is 1.03 bits per heavy atom. The van der Waals surface area contributed by atoms with Crippen LogP contribution in [-0.2, 0) is 4.74 Å². The van der Waals surface area contributed by atoms with Gasteiger partial charge in [0.15, 0.2) is 12.0 Å². The summed E-state index contributed by atoms with van der Waals surface area (Å²) in [6.45, 7) is 2.88. The third-order valence-electron chi connectivity index (χ3n) is 4.61. The molecule has 0 bridgehead atoms. The maximum Gasteiger partial charge on any atom is 0.289 e. The molecule has 1 heterocycles. The number of nitrogens with one attached hydrogen (secondary N) is 2. The van der Waals surface area contributed by atoms with E-state index in [0.717, 1.165) is 11.8 Å². The largest absolute Gasteiger partial charge is 0.491 e. The van der Waals surface area contributed by atoms with E-state index in [1.54, 1.807) is 49.0 Å². The first-order valence-corrected chi connectivity index (χ1v) is 10.2. The first-order chi connectivity index (χ1) is 15.5. The second-order valence-electron chi connectivity index (χ2n) is 6.99. The average Bonchev–Trinajstić information content (AvgIpc) is 3.23. The molecule has 0 aliphatic rings. The molecule has 3 rings (SSSR count). The van der Waals surface area contributed by atoms with Crippen LogP contribution >= 0.6 is 0 Å². The van der Waals surface area contributed by atoms with Crippen molar-refractivity contribution in [3.8, 4) is 11.5 Å². The fourth-order valence-electron chi connectivity index (χ4n) is 3.02. The molecule has 0 spiro atoms. The van der Waals surface area contributed by atoms with Gasteiger partial charge in [-0.05, 0) is 48.5 Å². The number of rotatable bonds is 11. The Kier molecular flexibility index (Phi) is 8.07. The number of amides is 2. The summed E-state index contributed by atoms with van der Waals surface area (Å²) in [5.74, 6) is 0.270. The van der Waals surface area contributed by atoms with Gasteiger partial charge < -0.3 is 23.9 Å². The maximum atomic E-state index is 12.8. The van der Waals surface area contributed by atoms with Gasteiger partial charge in [0.1, 0.15) is 23.7 Å². The number of furan rings is 1. The number of hydrogen-bond donors (Lipinski definition) is 3. The molecule has 32 heavy (non-hydrogen) atoms. The average molecular weight is 442 g/mol. The van der Waals surface area contributed by atoms with Gasteiger partial charge in [0.05, 0.1) is 6.61 Å². The molecule has 9 heteroatoms. The smallest absolute Gasteiger partial charge is 0.289 e. The van der Waals surface area contributed by atoms with E-state index in [1.165, 1.54) is 12.1 Å². The molecule has 3 N–H and O–H groups in total. The van der Waals surface area contributed by atoms with Gasteiger partial charge in [0, 0.05) is 24.5 Å². The van der Waals surface area contributed by atoms with Gasteiger partial charge in [0.2, 0.25) is 0 Å². The molecule has 3 aromatic rings. The first kappa shape index (κ1) is 23.1. The minimum atomic E-state index is -0.618. The van der Waals surface area contributed by atoms with Crippen LogP contribution in [0.1, 0.15) is 40.7 Å². The van der Waals surface area contributed by atoms with Crippen LogP contribution in [0.2, 0.25) is 0 Å². The number of methoxy groups -OCH3 is 1. The van der Waals surface area contributed by atoms with Crippen molar-refractivity contribution in [1.29, 1.82) is 0 Å². The van der Waals surface area contributed by atoms with Crippen molar-refractivity contribution in [1.82, 2.24) is 10.8 Å². The van der Waals surface area contributed by atoms with Crippen LogP contribution in [0.3, 0.4) is 0 Å². The van der Waals surface area contributed by atoms with Gasteiger partial charge in [-0.15, -0.1) is 0 Å². The summed E-state index contributed by atoms with van der Waals surface area (Å²) in [6.07, 6.45) is 0.756. The number of carbonyl (C=O) groups excluding carboxylic acids is 2. The van der Waals surface area contributed by atoms with Gasteiger partial charge in [-0.2, -0.15) is 0 Å². The fraction of sp³-hybridized carbons (Fsp3) is 0.304. The standard InChI is InChI=1S/C23H26N2O7/c1-3-4-21(31-17-7-5-15(6-8-17)22(26)25-28)24-23(27)20-14-16-13-18(30-12-11-29-2)9-10-19(16)32-20/h5-10,13-14,21,28H,3-4,11-12H2,1-2H3,(H,24,27)(H,25,26). The van der Waals surface area contributed by atoms with E-state index in [0.29, 0.717) is 36.7 Å². The highest BCUT2D eigenvalue weighted by atomic mass is 16.5. The lowest BCUT2D eigenvalue weighted by atomic mass is 10.2. The number of hydrogen-bond acceptors (Lipinski definition) is 7. The first-order valence-electron chi connectivity index (χ1n) is 10.2. The summed E-state index contributed by atoms with van der Waals surface area (Å²) in [7, 11) is 1.60. The number of benzene rings is 2. The monoisotopic (exact) mass is 442 g/mol. The Labute approximate surface area is 185 Å². The van der Waals surface area contributed by atoms with Crippen LogP contribution in [0.4, 0.5) is 0 Å². The van der Waals surface area contributed by atoms with Crippen molar-refractivity contribution < 1.29 is 33.4 Å². The fourth-order valence-corrected chi connectivity index (χ4v) is 3.02. The quantitative estimate of drug-likeness (QED) is 0.180. The molecule has 0 aliphatic carbocycles. The molecule has 1 unspecified atom stereocenters. The Balaban J connectivity index is 1.67. The van der Waals surface area contributed by atoms with E-state index in [-0.39, 0.29) is 11.3 Å². The highest BCUT2D eigenvalue weighted by Crippen LogP contribution is 2.25. The third-order valence-corrected chi connectivity index (χ3v) is 4.61.